The van der Waals surface area contributed by atoms with E-state index >= 15 is 0 Å². The molecule has 3 aromatic rings. The predicted octanol–water partition coefficient (Wildman–Crippen LogP) is 5.25. The van der Waals surface area contributed by atoms with E-state index < -0.39 is 0 Å². The van der Waals surface area contributed by atoms with Crippen LogP contribution >= 0.6 is 11.3 Å². The topological polar surface area (TPSA) is 51.2 Å². The molecule has 1 N–H and O–H groups in total. The van der Waals surface area contributed by atoms with Crippen molar-refractivity contribution in [2.45, 2.75) is 32.3 Å². The van der Waals surface area contributed by atoms with Crippen LogP contribution in [0.15, 0.2) is 60.7 Å². The number of amides is 1. The highest BCUT2D eigenvalue weighted by Crippen LogP contribution is 2.29. The molecule has 1 amide bonds. The van der Waals surface area contributed by atoms with Crippen LogP contribution in [0.3, 0.4) is 0 Å². The number of ether oxygens (including phenoxy) is 1. The summed E-state index contributed by atoms with van der Waals surface area (Å²) in [6.07, 6.45) is 7.85. The number of rotatable bonds is 6. The summed E-state index contributed by atoms with van der Waals surface area (Å²) in [5.74, 6) is 0.648. The number of aromatic nitrogens is 1. The minimum atomic E-state index is -0.157. The molecule has 0 saturated carbocycles. The quantitative estimate of drug-likeness (QED) is 0.585. The number of nitrogens with one attached hydrogen (secondary N) is 1. The van der Waals surface area contributed by atoms with E-state index in [4.69, 9.17) is 4.74 Å². The molecule has 4 rings (SSSR count). The van der Waals surface area contributed by atoms with Crippen LogP contribution in [-0.4, -0.2) is 10.9 Å². The van der Waals surface area contributed by atoms with Gasteiger partial charge >= 0.3 is 0 Å². The molecular formula is C23H22N2O2S. The standard InChI is InChI=1S/C23H22N2O2S/c26-22(25-23-24-20-8-4-5-9-21(20)28-23)15-12-17-10-13-19(14-11-17)27-16-18-6-2-1-3-7-18/h1-3,6-7,10-15H,4-5,8-9,16H2,(H,24,25,26). The van der Waals surface area contributed by atoms with Crippen LogP contribution < -0.4 is 10.1 Å². The van der Waals surface area contributed by atoms with Crippen molar-refractivity contribution in [3.63, 3.8) is 0 Å². The molecule has 1 aliphatic carbocycles. The molecule has 4 nitrogen and oxygen atoms in total. The van der Waals surface area contributed by atoms with Crippen molar-refractivity contribution in [2.75, 3.05) is 5.32 Å². The molecule has 0 aliphatic heterocycles. The van der Waals surface area contributed by atoms with Crippen molar-refractivity contribution < 1.29 is 9.53 Å². The van der Waals surface area contributed by atoms with Gasteiger partial charge in [-0.3, -0.25) is 10.1 Å². The Morgan fingerprint density at radius 2 is 1.86 bits per heavy atom. The van der Waals surface area contributed by atoms with Gasteiger partial charge in [0.15, 0.2) is 5.13 Å². The number of benzene rings is 2. The van der Waals surface area contributed by atoms with Crippen LogP contribution in [-0.2, 0) is 24.2 Å². The van der Waals surface area contributed by atoms with Gasteiger partial charge in [-0.05, 0) is 55.0 Å². The fraction of sp³-hybridized carbons (Fsp3) is 0.217. The molecule has 5 heteroatoms. The van der Waals surface area contributed by atoms with E-state index in [9.17, 15) is 4.79 Å². The zero-order chi connectivity index (χ0) is 19.2. The van der Waals surface area contributed by atoms with Crippen molar-refractivity contribution in [1.82, 2.24) is 4.98 Å². The lowest BCUT2D eigenvalue weighted by atomic mass is 10.0. The Morgan fingerprint density at radius 3 is 2.64 bits per heavy atom. The summed E-state index contributed by atoms with van der Waals surface area (Å²) in [4.78, 5) is 18.0. The highest BCUT2D eigenvalue weighted by atomic mass is 32.1. The molecule has 0 fully saturated rings. The van der Waals surface area contributed by atoms with Crippen LogP contribution in [0.2, 0.25) is 0 Å². The lowest BCUT2D eigenvalue weighted by Crippen LogP contribution is -2.07. The first kappa shape index (κ1) is 18.4. The highest BCUT2D eigenvalue weighted by molar-refractivity contribution is 7.15. The van der Waals surface area contributed by atoms with Crippen LogP contribution in [0.25, 0.3) is 6.08 Å². The Hall–Kier alpha value is -2.92. The average molecular weight is 391 g/mol. The molecule has 0 saturated heterocycles. The van der Waals surface area contributed by atoms with Crippen molar-refractivity contribution in [2.24, 2.45) is 0 Å². The molecule has 0 bridgehead atoms. The van der Waals surface area contributed by atoms with E-state index in [2.05, 4.69) is 10.3 Å². The van der Waals surface area contributed by atoms with Crippen LogP contribution in [0.5, 0.6) is 5.75 Å². The normalized spacial score (nSPS) is 13.3. The SMILES string of the molecule is O=C(C=Cc1ccc(OCc2ccccc2)cc1)Nc1nc2c(s1)CCCC2. The second kappa shape index (κ2) is 8.85. The van der Waals surface area contributed by atoms with E-state index in [1.807, 2.05) is 54.6 Å². The molecule has 1 aliphatic rings. The maximum absolute atomic E-state index is 12.2. The van der Waals surface area contributed by atoms with Gasteiger partial charge in [-0.25, -0.2) is 4.98 Å². The van der Waals surface area contributed by atoms with Crippen molar-refractivity contribution in [1.29, 1.82) is 0 Å². The highest BCUT2D eigenvalue weighted by Gasteiger charge is 2.15. The molecule has 28 heavy (non-hydrogen) atoms. The molecule has 1 heterocycles. The largest absolute Gasteiger partial charge is 0.489 e. The first-order chi connectivity index (χ1) is 13.8. The molecule has 1 aromatic heterocycles. The van der Waals surface area contributed by atoms with Crippen LogP contribution in [0, 0.1) is 0 Å². The molecule has 0 spiro atoms. The first-order valence-corrected chi connectivity index (χ1v) is 10.3. The number of hydrogen-bond acceptors (Lipinski definition) is 4. The Balaban J connectivity index is 1.30. The molecular weight excluding hydrogens is 368 g/mol. The van der Waals surface area contributed by atoms with Gasteiger partial charge < -0.3 is 4.74 Å². The minimum absolute atomic E-state index is 0.157. The predicted molar refractivity (Wildman–Crippen MR) is 114 cm³/mol. The molecule has 142 valence electrons. The molecule has 2 aromatic carbocycles. The van der Waals surface area contributed by atoms with Gasteiger partial charge in [0.2, 0.25) is 5.91 Å². The fourth-order valence-electron chi connectivity index (χ4n) is 3.14. The third-order valence-electron chi connectivity index (χ3n) is 4.63. The summed E-state index contributed by atoms with van der Waals surface area (Å²) in [5.41, 5.74) is 3.23. The number of hydrogen-bond donors (Lipinski definition) is 1. The smallest absolute Gasteiger partial charge is 0.250 e. The number of thiazole rings is 1. The summed E-state index contributed by atoms with van der Waals surface area (Å²) >= 11 is 1.60. The zero-order valence-corrected chi connectivity index (χ0v) is 16.4. The van der Waals surface area contributed by atoms with Gasteiger partial charge in [-0.15, -0.1) is 11.3 Å². The zero-order valence-electron chi connectivity index (χ0n) is 15.6. The third-order valence-corrected chi connectivity index (χ3v) is 5.70. The van der Waals surface area contributed by atoms with Gasteiger partial charge in [0.25, 0.3) is 0 Å². The Morgan fingerprint density at radius 1 is 1.07 bits per heavy atom. The summed E-state index contributed by atoms with van der Waals surface area (Å²) in [6.45, 7) is 0.538. The van der Waals surface area contributed by atoms with Crippen LogP contribution in [0.4, 0.5) is 5.13 Å². The Kier molecular flexibility index (Phi) is 5.83. The maximum atomic E-state index is 12.2. The number of carbonyl (C=O) groups excluding carboxylic acids is 1. The molecule has 0 atom stereocenters. The van der Waals surface area contributed by atoms with Gasteiger partial charge in [-0.1, -0.05) is 42.5 Å². The van der Waals surface area contributed by atoms with E-state index in [0.29, 0.717) is 11.7 Å². The second-order valence-corrected chi connectivity index (χ2v) is 7.85. The number of fused-ring (bicyclic) bond motifs is 1. The van der Waals surface area contributed by atoms with Crippen molar-refractivity contribution >= 4 is 28.5 Å². The van der Waals surface area contributed by atoms with Gasteiger partial charge in [0.05, 0.1) is 5.69 Å². The van der Waals surface area contributed by atoms with E-state index in [-0.39, 0.29) is 5.91 Å². The Bertz CT molecular complexity index is 939. The number of aryl methyl sites for hydroxylation is 2. The van der Waals surface area contributed by atoms with Crippen molar-refractivity contribution in [3.05, 3.63) is 82.4 Å². The minimum Gasteiger partial charge on any atom is -0.489 e. The van der Waals surface area contributed by atoms with E-state index in [1.54, 1.807) is 23.5 Å². The summed E-state index contributed by atoms with van der Waals surface area (Å²) < 4.78 is 5.78. The second-order valence-electron chi connectivity index (χ2n) is 6.76. The van der Waals surface area contributed by atoms with E-state index in [0.717, 1.165) is 35.4 Å². The summed E-state index contributed by atoms with van der Waals surface area (Å²) in [5, 5.41) is 3.58. The third kappa shape index (κ3) is 4.87. The monoisotopic (exact) mass is 390 g/mol. The average Bonchev–Trinajstić information content (AvgIpc) is 3.14. The first-order valence-electron chi connectivity index (χ1n) is 9.51. The summed E-state index contributed by atoms with van der Waals surface area (Å²) in [7, 11) is 0. The van der Waals surface area contributed by atoms with Gasteiger partial charge in [-0.2, -0.15) is 0 Å². The lowest BCUT2D eigenvalue weighted by molar-refractivity contribution is -0.111. The maximum Gasteiger partial charge on any atom is 0.250 e. The van der Waals surface area contributed by atoms with Crippen LogP contribution in [0.1, 0.15) is 34.5 Å². The van der Waals surface area contributed by atoms with E-state index in [1.165, 1.54) is 17.7 Å². The number of carbonyl (C=O) groups is 1. The number of nitrogens with zero attached hydrogens (tertiary/aromatic N) is 1. The lowest BCUT2D eigenvalue weighted by Gasteiger charge is -2.06. The summed E-state index contributed by atoms with van der Waals surface area (Å²) in [6, 6.07) is 17.8. The molecule has 0 radical (unpaired) electrons. The van der Waals surface area contributed by atoms with Crippen molar-refractivity contribution in [3.8, 4) is 5.75 Å². The fourth-order valence-corrected chi connectivity index (χ4v) is 4.19. The van der Waals surface area contributed by atoms with Gasteiger partial charge in [0.1, 0.15) is 12.4 Å². The molecule has 0 unspecified atom stereocenters. The number of anilines is 1. The Labute approximate surface area is 168 Å². The van der Waals surface area contributed by atoms with Gasteiger partial charge in [0, 0.05) is 11.0 Å².